The van der Waals surface area contributed by atoms with Gasteiger partial charge in [0.05, 0.1) is 0 Å². The third-order valence-corrected chi connectivity index (χ3v) is 1.41. The van der Waals surface area contributed by atoms with Gasteiger partial charge in [-0.1, -0.05) is 0 Å². The van der Waals surface area contributed by atoms with Crippen LogP contribution in [0.5, 0.6) is 0 Å². The van der Waals surface area contributed by atoms with Crippen molar-refractivity contribution < 1.29 is 57.3 Å². The van der Waals surface area contributed by atoms with Crippen molar-refractivity contribution >= 4 is 0 Å². The molecule has 0 spiro atoms. The predicted molar refractivity (Wildman–Crippen MR) is 41.6 cm³/mol. The van der Waals surface area contributed by atoms with E-state index in [1.165, 1.54) is 12.8 Å². The monoisotopic (exact) mass is 346 g/mol. The molecule has 0 N–H and O–H groups in total. The molecule has 13 heavy (non-hydrogen) atoms. The number of ether oxygens (including phenoxy) is 1. The van der Waals surface area contributed by atoms with E-state index in [4.69, 9.17) is 4.74 Å². The van der Waals surface area contributed by atoms with Gasteiger partial charge in [0.25, 0.3) is 0 Å². The topological polar surface area (TPSA) is 9.23 Å². The minimum atomic E-state index is 0. The minimum Gasteiger partial charge on any atom is -1.00 e. The van der Waals surface area contributed by atoms with Crippen molar-refractivity contribution in [1.29, 1.82) is 0 Å². The Morgan fingerprint density at radius 1 is 1.08 bits per heavy atom. The fourth-order valence-corrected chi connectivity index (χ4v) is 0.851. The molecule has 2 aliphatic rings. The summed E-state index contributed by atoms with van der Waals surface area (Å²) in [5, 5.41) is 0. The summed E-state index contributed by atoms with van der Waals surface area (Å²) in [5.74, 6) is 0. The van der Waals surface area contributed by atoms with Gasteiger partial charge in [0.1, 0.15) is 0 Å². The predicted octanol–water partition coefficient (Wildman–Crippen LogP) is -3.89. The summed E-state index contributed by atoms with van der Waals surface area (Å²) in [6.07, 6.45) is 12.6. The molecule has 0 unspecified atom stereocenters. The van der Waals surface area contributed by atoms with Crippen molar-refractivity contribution in [2.75, 3.05) is 13.2 Å². The summed E-state index contributed by atoms with van der Waals surface area (Å²) in [7, 11) is 0. The van der Waals surface area contributed by atoms with E-state index < -0.39 is 0 Å². The van der Waals surface area contributed by atoms with Crippen LogP contribution in [-0.2, 0) is 23.3 Å². The van der Waals surface area contributed by atoms with Gasteiger partial charge in [-0.25, -0.2) is 12.2 Å². The summed E-state index contributed by atoms with van der Waals surface area (Å²) in [6, 6.07) is 0. The maximum Gasteiger partial charge on any atom is 2.00 e. The zero-order chi connectivity index (χ0) is 7.07. The smallest absolute Gasteiger partial charge is 1.00 e. The van der Waals surface area contributed by atoms with E-state index in [1.807, 2.05) is 12.2 Å². The second kappa shape index (κ2) is 15.5. The number of hydrogen-bond donors (Lipinski definition) is 0. The van der Waals surface area contributed by atoms with E-state index in [0.717, 1.165) is 19.6 Å². The maximum atomic E-state index is 4.94. The zero-order valence-electron chi connectivity index (χ0n) is 7.38. The summed E-state index contributed by atoms with van der Waals surface area (Å²) in [6.45, 7) is 2.00. The van der Waals surface area contributed by atoms with Crippen LogP contribution in [0.15, 0.2) is 18.2 Å². The molecule has 1 nitrogen and oxygen atoms in total. The van der Waals surface area contributed by atoms with Crippen LogP contribution < -0.4 is 34.0 Å². The largest absolute Gasteiger partial charge is 2.00 e. The van der Waals surface area contributed by atoms with Crippen molar-refractivity contribution in [3.05, 3.63) is 24.3 Å². The van der Waals surface area contributed by atoms with E-state index >= 15 is 0 Å². The Bertz CT molecular complexity index is 116. The summed E-state index contributed by atoms with van der Waals surface area (Å²) in [4.78, 5) is 0. The number of halogens is 2. The van der Waals surface area contributed by atoms with Gasteiger partial charge in [-0.2, -0.15) is 6.08 Å². The van der Waals surface area contributed by atoms with Gasteiger partial charge in [0, 0.05) is 13.2 Å². The Labute approximate surface area is 113 Å². The first kappa shape index (κ1) is 19.5. The quantitative estimate of drug-likeness (QED) is 0.407. The molecular weight excluding hydrogens is 335 g/mol. The second-order valence-corrected chi connectivity index (χ2v) is 2.32. The summed E-state index contributed by atoms with van der Waals surface area (Å²) in [5.41, 5.74) is 0. The molecule has 1 saturated heterocycles. The molecule has 0 aromatic rings. The Balaban J connectivity index is -0.000000125. The van der Waals surface area contributed by atoms with Crippen LogP contribution in [-0.4, -0.2) is 13.2 Å². The van der Waals surface area contributed by atoms with Crippen LogP contribution in [0.4, 0.5) is 0 Å². The first-order valence-corrected chi connectivity index (χ1v) is 3.79. The molecule has 0 atom stereocenters. The van der Waals surface area contributed by atoms with Crippen molar-refractivity contribution in [1.82, 2.24) is 0 Å². The maximum absolute atomic E-state index is 4.94. The minimum absolute atomic E-state index is 0. The number of hydrogen-bond acceptors (Lipinski definition) is 1. The Hall–Kier alpha value is 0.984. The van der Waals surface area contributed by atoms with Gasteiger partial charge in [0.15, 0.2) is 0 Å². The van der Waals surface area contributed by atoms with E-state index in [2.05, 4.69) is 12.2 Å². The Kier molecular flexibility index (Phi) is 23.2. The van der Waals surface area contributed by atoms with E-state index in [9.17, 15) is 0 Å². The molecule has 0 aromatic carbocycles. The molecule has 75 valence electrons. The first-order chi connectivity index (χ1) is 5.00. The van der Waals surface area contributed by atoms with Gasteiger partial charge in [-0.15, -0.1) is 6.42 Å². The number of rotatable bonds is 0. The second-order valence-electron chi connectivity index (χ2n) is 2.32. The molecular formula is C9H13Br2OV-. The van der Waals surface area contributed by atoms with Crippen molar-refractivity contribution in [2.45, 2.75) is 19.3 Å². The SMILES string of the molecule is C1CCOC1.[Br-].[Br-].[C-]1=CC=CC1.[V+2]. The van der Waals surface area contributed by atoms with E-state index in [-0.39, 0.29) is 52.5 Å². The first-order valence-electron chi connectivity index (χ1n) is 3.79. The van der Waals surface area contributed by atoms with Gasteiger partial charge < -0.3 is 38.7 Å². The van der Waals surface area contributed by atoms with Gasteiger partial charge in [-0.05, 0) is 12.8 Å². The molecule has 1 radical (unpaired) electrons. The fourth-order valence-electron chi connectivity index (χ4n) is 0.851. The number of allylic oxidation sites excluding steroid dienone is 4. The van der Waals surface area contributed by atoms with Crippen molar-refractivity contribution in [3.8, 4) is 0 Å². The van der Waals surface area contributed by atoms with Gasteiger partial charge >= 0.3 is 18.6 Å². The van der Waals surface area contributed by atoms with Crippen LogP contribution >= 0.6 is 0 Å². The molecule has 0 amide bonds. The van der Waals surface area contributed by atoms with Gasteiger partial charge in [-0.3, -0.25) is 6.08 Å². The van der Waals surface area contributed by atoms with Crippen LogP contribution in [0, 0.1) is 6.08 Å². The van der Waals surface area contributed by atoms with Crippen LogP contribution in [0.1, 0.15) is 19.3 Å². The molecule has 1 aliphatic carbocycles. The molecule has 0 aromatic heterocycles. The molecule has 1 heterocycles. The normalized spacial score (nSPS) is 16.0. The molecule has 0 saturated carbocycles. The van der Waals surface area contributed by atoms with Gasteiger partial charge in [0.2, 0.25) is 0 Å². The molecule has 2 rings (SSSR count). The van der Waals surface area contributed by atoms with E-state index in [1.54, 1.807) is 0 Å². The molecule has 1 fully saturated rings. The third-order valence-electron chi connectivity index (χ3n) is 1.41. The average molecular weight is 348 g/mol. The molecule has 0 bridgehead atoms. The average Bonchev–Trinajstić information content (AvgIpc) is 2.67. The fraction of sp³-hybridized carbons (Fsp3) is 0.556. The molecule has 4 heteroatoms. The summed E-state index contributed by atoms with van der Waals surface area (Å²) >= 11 is 0. The third kappa shape index (κ3) is 13.0. The van der Waals surface area contributed by atoms with Crippen molar-refractivity contribution in [3.63, 3.8) is 0 Å². The Morgan fingerprint density at radius 2 is 1.69 bits per heavy atom. The van der Waals surface area contributed by atoms with E-state index in [0.29, 0.717) is 0 Å². The summed E-state index contributed by atoms with van der Waals surface area (Å²) < 4.78 is 4.94. The van der Waals surface area contributed by atoms with Crippen LogP contribution in [0.25, 0.3) is 0 Å². The van der Waals surface area contributed by atoms with Crippen molar-refractivity contribution in [2.24, 2.45) is 0 Å². The van der Waals surface area contributed by atoms with Crippen LogP contribution in [0.3, 0.4) is 0 Å². The molecule has 1 aliphatic heterocycles. The van der Waals surface area contributed by atoms with Crippen LogP contribution in [0.2, 0.25) is 0 Å². The Morgan fingerprint density at radius 3 is 1.85 bits per heavy atom. The standard InChI is InChI=1S/C5H5.C4H8O.2BrH.V/c2*1-2-4-5-3-1;;;/h1-3H,4H2;1-4H2;2*1H;/q-1;;;;+2/p-2. The zero-order valence-corrected chi connectivity index (χ0v) is 11.9.